The summed E-state index contributed by atoms with van der Waals surface area (Å²) in [4.78, 5) is 20.1. The maximum absolute atomic E-state index is 13.0. The van der Waals surface area contributed by atoms with E-state index in [0.717, 1.165) is 47.8 Å². The van der Waals surface area contributed by atoms with Gasteiger partial charge in [-0.05, 0) is 44.1 Å². The molecule has 0 N–H and O–H groups in total. The van der Waals surface area contributed by atoms with Crippen molar-refractivity contribution in [2.75, 3.05) is 0 Å². The van der Waals surface area contributed by atoms with Crippen LogP contribution in [0.15, 0.2) is 4.79 Å². The third kappa shape index (κ3) is 3.37. The molecule has 0 aromatic carbocycles. The van der Waals surface area contributed by atoms with Gasteiger partial charge in [-0.3, -0.25) is 9.36 Å². The van der Waals surface area contributed by atoms with Crippen LogP contribution < -0.4 is 5.56 Å². The normalized spacial score (nSPS) is 17.6. The smallest absolute Gasteiger partial charge is 0.262 e. The van der Waals surface area contributed by atoms with Crippen molar-refractivity contribution in [2.24, 2.45) is 5.92 Å². The molecule has 3 rings (SSSR count). The molecule has 2 aromatic heterocycles. The molecule has 0 aliphatic heterocycles. The van der Waals surface area contributed by atoms with Crippen LogP contribution in [0.4, 0.5) is 0 Å². The number of fused-ring (bicyclic) bond motifs is 3. The fourth-order valence-electron chi connectivity index (χ4n) is 3.66. The highest BCUT2D eigenvalue weighted by Crippen LogP contribution is 2.35. The molecular weight excluding hydrogens is 304 g/mol. The molecule has 4 heteroatoms. The molecule has 1 atom stereocenters. The summed E-state index contributed by atoms with van der Waals surface area (Å²) in [6.45, 7) is 7.33. The monoisotopic (exact) mass is 332 g/mol. The molecule has 3 nitrogen and oxygen atoms in total. The number of nitrogens with zero attached hydrogens (tertiary/aromatic N) is 2. The number of aryl methyl sites for hydroxylation is 2. The van der Waals surface area contributed by atoms with Crippen molar-refractivity contribution >= 4 is 21.6 Å². The highest BCUT2D eigenvalue weighted by atomic mass is 32.1. The number of aromatic nitrogens is 2. The van der Waals surface area contributed by atoms with E-state index in [4.69, 9.17) is 4.98 Å². The van der Waals surface area contributed by atoms with Gasteiger partial charge in [-0.25, -0.2) is 4.98 Å². The largest absolute Gasteiger partial charge is 0.296 e. The Morgan fingerprint density at radius 1 is 1.26 bits per heavy atom. The fourth-order valence-corrected chi connectivity index (χ4v) is 5.08. The molecule has 0 amide bonds. The van der Waals surface area contributed by atoms with Crippen molar-refractivity contribution in [2.45, 2.75) is 78.7 Å². The average Bonchev–Trinajstić information content (AvgIpc) is 2.86. The van der Waals surface area contributed by atoms with Crippen molar-refractivity contribution in [3.63, 3.8) is 0 Å². The lowest BCUT2D eigenvalue weighted by Gasteiger charge is -2.17. The lowest BCUT2D eigenvalue weighted by atomic mass is 9.89. The van der Waals surface area contributed by atoms with Crippen molar-refractivity contribution in [1.29, 1.82) is 0 Å². The summed E-state index contributed by atoms with van der Waals surface area (Å²) in [6.07, 6.45) is 9.47. The van der Waals surface area contributed by atoms with E-state index in [1.54, 1.807) is 11.3 Å². The molecule has 126 valence electrons. The van der Waals surface area contributed by atoms with Gasteiger partial charge in [-0.2, -0.15) is 0 Å². The van der Waals surface area contributed by atoms with Crippen LogP contribution in [0.2, 0.25) is 0 Å². The average molecular weight is 333 g/mol. The van der Waals surface area contributed by atoms with Gasteiger partial charge in [0.1, 0.15) is 10.7 Å². The number of hydrogen-bond acceptors (Lipinski definition) is 3. The van der Waals surface area contributed by atoms with Gasteiger partial charge < -0.3 is 0 Å². The van der Waals surface area contributed by atoms with Crippen LogP contribution in [0, 0.1) is 12.8 Å². The van der Waals surface area contributed by atoms with Crippen LogP contribution in [0.25, 0.3) is 10.2 Å². The van der Waals surface area contributed by atoms with Crippen molar-refractivity contribution in [3.8, 4) is 0 Å². The van der Waals surface area contributed by atoms with Crippen molar-refractivity contribution < 1.29 is 0 Å². The fraction of sp³-hybridized carbons (Fsp3) is 0.684. The van der Waals surface area contributed by atoms with Gasteiger partial charge in [-0.15, -0.1) is 11.3 Å². The summed E-state index contributed by atoms with van der Waals surface area (Å²) < 4.78 is 1.92. The minimum Gasteiger partial charge on any atom is -0.296 e. The molecule has 0 spiro atoms. The summed E-state index contributed by atoms with van der Waals surface area (Å²) in [5.74, 6) is 1.61. The van der Waals surface area contributed by atoms with E-state index in [9.17, 15) is 4.79 Å². The van der Waals surface area contributed by atoms with Crippen LogP contribution in [-0.4, -0.2) is 9.55 Å². The minimum atomic E-state index is 0.204. The molecular formula is C19H28N2OS. The summed E-state index contributed by atoms with van der Waals surface area (Å²) in [5, 5.41) is 0.927. The molecule has 1 aliphatic rings. The zero-order valence-electron chi connectivity index (χ0n) is 14.7. The Kier molecular flexibility index (Phi) is 5.20. The number of hydrogen-bond donors (Lipinski definition) is 0. The third-order valence-electron chi connectivity index (χ3n) is 5.09. The van der Waals surface area contributed by atoms with E-state index in [2.05, 4.69) is 13.8 Å². The van der Waals surface area contributed by atoms with E-state index in [-0.39, 0.29) is 5.56 Å². The lowest BCUT2D eigenvalue weighted by molar-refractivity contribution is 0.508. The first-order valence-electron chi connectivity index (χ1n) is 9.13. The molecule has 2 heterocycles. The van der Waals surface area contributed by atoms with Gasteiger partial charge >= 0.3 is 0 Å². The summed E-state index contributed by atoms with van der Waals surface area (Å²) in [5.41, 5.74) is 1.51. The van der Waals surface area contributed by atoms with E-state index in [1.807, 2.05) is 11.5 Å². The van der Waals surface area contributed by atoms with Gasteiger partial charge in [-0.1, -0.05) is 39.5 Å². The Labute approximate surface area is 142 Å². The Hall–Kier alpha value is -1.16. The Bertz CT molecular complexity index is 744. The molecule has 0 fully saturated rings. The predicted octanol–water partition coefficient (Wildman–Crippen LogP) is 4.86. The topological polar surface area (TPSA) is 34.9 Å². The molecule has 23 heavy (non-hydrogen) atoms. The Balaban J connectivity index is 1.89. The maximum atomic E-state index is 13.0. The number of thiophene rings is 1. The third-order valence-corrected chi connectivity index (χ3v) is 6.24. The zero-order chi connectivity index (χ0) is 16.4. The highest BCUT2D eigenvalue weighted by molar-refractivity contribution is 7.18. The van der Waals surface area contributed by atoms with Crippen molar-refractivity contribution in [1.82, 2.24) is 9.55 Å². The summed E-state index contributed by atoms with van der Waals surface area (Å²) in [7, 11) is 0. The molecule has 1 aliphatic carbocycles. The second-order valence-electron chi connectivity index (χ2n) is 7.06. The maximum Gasteiger partial charge on any atom is 0.262 e. The first kappa shape index (κ1) is 16.7. The van der Waals surface area contributed by atoms with Crippen molar-refractivity contribution in [3.05, 3.63) is 26.6 Å². The SMILES string of the molecule is CCCCCCCn1c(C)nc2sc3c(c2c1=O)CCC(C)C3. The second-order valence-corrected chi connectivity index (χ2v) is 8.15. The first-order chi connectivity index (χ1) is 11.1. The van der Waals surface area contributed by atoms with Crippen LogP contribution in [0.3, 0.4) is 0 Å². The van der Waals surface area contributed by atoms with Gasteiger partial charge in [0.05, 0.1) is 5.39 Å². The molecule has 2 aromatic rings. The Morgan fingerprint density at radius 3 is 2.83 bits per heavy atom. The molecule has 0 bridgehead atoms. The quantitative estimate of drug-likeness (QED) is 0.708. The van der Waals surface area contributed by atoms with Gasteiger partial charge in [0.2, 0.25) is 0 Å². The minimum absolute atomic E-state index is 0.204. The van der Waals surface area contributed by atoms with E-state index < -0.39 is 0 Å². The van der Waals surface area contributed by atoms with Crippen LogP contribution in [0.5, 0.6) is 0 Å². The van der Waals surface area contributed by atoms with Gasteiger partial charge in [0.15, 0.2) is 0 Å². The molecule has 0 saturated carbocycles. The van der Waals surface area contributed by atoms with Crippen LogP contribution in [0.1, 0.15) is 68.6 Å². The predicted molar refractivity (Wildman–Crippen MR) is 98.6 cm³/mol. The molecule has 0 saturated heterocycles. The summed E-state index contributed by atoms with van der Waals surface area (Å²) >= 11 is 1.75. The standard InChI is InChI=1S/C19H28N2OS/c1-4-5-6-7-8-11-21-14(3)20-18-17(19(21)22)15-10-9-13(2)12-16(15)23-18/h13H,4-12H2,1-3H3. The van der Waals surface area contributed by atoms with Crippen LogP contribution in [-0.2, 0) is 19.4 Å². The van der Waals surface area contributed by atoms with Gasteiger partial charge in [0.25, 0.3) is 5.56 Å². The second kappa shape index (κ2) is 7.16. The van der Waals surface area contributed by atoms with E-state index in [0.29, 0.717) is 0 Å². The number of unbranched alkanes of at least 4 members (excludes halogenated alkanes) is 4. The van der Waals surface area contributed by atoms with E-state index >= 15 is 0 Å². The zero-order valence-corrected chi connectivity index (χ0v) is 15.5. The lowest BCUT2D eigenvalue weighted by Crippen LogP contribution is -2.24. The molecule has 0 radical (unpaired) electrons. The number of rotatable bonds is 6. The van der Waals surface area contributed by atoms with Crippen LogP contribution >= 0.6 is 11.3 Å². The Morgan fingerprint density at radius 2 is 2.04 bits per heavy atom. The summed E-state index contributed by atoms with van der Waals surface area (Å²) in [6, 6.07) is 0. The highest BCUT2D eigenvalue weighted by Gasteiger charge is 2.23. The molecule has 1 unspecified atom stereocenters. The van der Waals surface area contributed by atoms with Gasteiger partial charge in [0, 0.05) is 11.4 Å². The van der Waals surface area contributed by atoms with E-state index in [1.165, 1.54) is 42.5 Å². The first-order valence-corrected chi connectivity index (χ1v) is 9.95.